The van der Waals surface area contributed by atoms with Gasteiger partial charge in [0, 0.05) is 26.2 Å². The normalized spacial score (nSPS) is 20.1. The minimum absolute atomic E-state index is 0.229. The number of hydrogen-bond donors (Lipinski definition) is 0. The number of hydrogen-bond acceptors (Lipinski definition) is 7. The summed E-state index contributed by atoms with van der Waals surface area (Å²) in [5, 5.41) is -0.229. The zero-order valence-corrected chi connectivity index (χ0v) is 17.0. The topological polar surface area (TPSA) is 62.3 Å². The Morgan fingerprint density at radius 1 is 1.18 bits per heavy atom. The Balaban J connectivity index is 1.71. The lowest BCUT2D eigenvalue weighted by molar-refractivity contribution is -0.124. The third-order valence-electron chi connectivity index (χ3n) is 4.65. The predicted molar refractivity (Wildman–Crippen MR) is 110 cm³/mol. The standard InChI is InChI=1S/C20H25N3O4S/c1-4-11-27-16-6-5-15(12-17(16)26-3)13-18-19(24)23(20(25)28-18)14-22-9-7-21(2)8-10-22/h4-6,12-13H,1,7-11,14H2,2-3H3/b18-13+. The lowest BCUT2D eigenvalue weighted by atomic mass is 10.2. The van der Waals surface area contributed by atoms with Crippen molar-refractivity contribution >= 4 is 29.0 Å². The fourth-order valence-electron chi connectivity index (χ4n) is 3.00. The zero-order chi connectivity index (χ0) is 20.1. The Labute approximate surface area is 169 Å². The summed E-state index contributed by atoms with van der Waals surface area (Å²) in [5.74, 6) is 0.912. The van der Waals surface area contributed by atoms with Crippen molar-refractivity contribution in [2.45, 2.75) is 0 Å². The summed E-state index contributed by atoms with van der Waals surface area (Å²) in [6, 6.07) is 5.39. The van der Waals surface area contributed by atoms with Gasteiger partial charge in [0.2, 0.25) is 0 Å². The van der Waals surface area contributed by atoms with Crippen LogP contribution in [-0.4, -0.2) is 79.5 Å². The SMILES string of the molecule is C=CCOc1ccc(/C=C2/SC(=O)N(CN3CCN(C)CC3)C2=O)cc1OC. The molecular formula is C20H25N3O4S. The Bertz CT molecular complexity index is 788. The van der Waals surface area contributed by atoms with Gasteiger partial charge in [-0.25, -0.2) is 0 Å². The number of thioether (sulfide) groups is 1. The fraction of sp³-hybridized carbons (Fsp3) is 0.400. The number of ether oxygens (including phenoxy) is 2. The Morgan fingerprint density at radius 3 is 2.61 bits per heavy atom. The summed E-state index contributed by atoms with van der Waals surface area (Å²) < 4.78 is 10.9. The molecule has 1 aromatic rings. The van der Waals surface area contributed by atoms with Gasteiger partial charge in [-0.15, -0.1) is 0 Å². The van der Waals surface area contributed by atoms with E-state index >= 15 is 0 Å². The molecule has 3 rings (SSSR count). The largest absolute Gasteiger partial charge is 0.493 e. The number of nitrogens with zero attached hydrogens (tertiary/aromatic N) is 3. The van der Waals surface area contributed by atoms with E-state index in [9.17, 15) is 9.59 Å². The first kappa shape index (κ1) is 20.4. The van der Waals surface area contributed by atoms with Gasteiger partial charge >= 0.3 is 0 Å². The van der Waals surface area contributed by atoms with Crippen molar-refractivity contribution in [1.82, 2.24) is 14.7 Å². The number of benzene rings is 1. The molecule has 0 spiro atoms. The van der Waals surface area contributed by atoms with Gasteiger partial charge in [-0.2, -0.15) is 0 Å². The molecule has 0 unspecified atom stereocenters. The molecule has 7 nitrogen and oxygen atoms in total. The maximum Gasteiger partial charge on any atom is 0.294 e. The van der Waals surface area contributed by atoms with Crippen molar-refractivity contribution in [2.75, 3.05) is 53.6 Å². The minimum Gasteiger partial charge on any atom is -0.493 e. The van der Waals surface area contributed by atoms with Crippen LogP contribution in [0.25, 0.3) is 6.08 Å². The molecule has 2 heterocycles. The number of amides is 2. The summed E-state index contributed by atoms with van der Waals surface area (Å²) in [7, 11) is 3.63. The molecule has 0 aliphatic carbocycles. The van der Waals surface area contributed by atoms with Crippen LogP contribution in [0.5, 0.6) is 11.5 Å². The number of rotatable bonds is 7. The zero-order valence-electron chi connectivity index (χ0n) is 16.2. The highest BCUT2D eigenvalue weighted by molar-refractivity contribution is 8.18. The summed E-state index contributed by atoms with van der Waals surface area (Å²) in [4.78, 5) is 31.2. The van der Waals surface area contributed by atoms with E-state index in [2.05, 4.69) is 23.4 Å². The molecule has 2 fully saturated rings. The summed E-state index contributed by atoms with van der Waals surface area (Å²) >= 11 is 0.973. The second kappa shape index (κ2) is 9.27. The van der Waals surface area contributed by atoms with E-state index in [0.717, 1.165) is 43.5 Å². The third kappa shape index (κ3) is 4.76. The number of carbonyl (C=O) groups is 2. The quantitative estimate of drug-likeness (QED) is 0.512. The van der Waals surface area contributed by atoms with E-state index in [1.54, 1.807) is 31.4 Å². The second-order valence-electron chi connectivity index (χ2n) is 6.68. The van der Waals surface area contributed by atoms with E-state index in [1.165, 1.54) is 4.90 Å². The molecule has 0 saturated carbocycles. The minimum atomic E-state index is -0.250. The fourth-order valence-corrected chi connectivity index (χ4v) is 3.84. The monoisotopic (exact) mass is 403 g/mol. The first-order chi connectivity index (χ1) is 13.5. The van der Waals surface area contributed by atoms with Crippen LogP contribution in [0.1, 0.15) is 5.56 Å². The molecule has 0 bridgehead atoms. The van der Waals surface area contributed by atoms with Gasteiger partial charge in [-0.3, -0.25) is 19.4 Å². The Hall–Kier alpha value is -2.29. The van der Waals surface area contributed by atoms with Gasteiger partial charge in [-0.1, -0.05) is 18.7 Å². The molecule has 0 atom stereocenters. The van der Waals surface area contributed by atoms with Crippen LogP contribution >= 0.6 is 11.8 Å². The second-order valence-corrected chi connectivity index (χ2v) is 7.68. The number of methoxy groups -OCH3 is 1. The molecule has 2 aliphatic heterocycles. The van der Waals surface area contributed by atoms with Crippen LogP contribution in [0.3, 0.4) is 0 Å². The van der Waals surface area contributed by atoms with Crippen LogP contribution < -0.4 is 9.47 Å². The lowest BCUT2D eigenvalue weighted by Gasteiger charge is -2.33. The molecule has 1 aromatic carbocycles. The maximum absolute atomic E-state index is 12.7. The average molecular weight is 404 g/mol. The van der Waals surface area contributed by atoms with Crippen molar-refractivity contribution in [3.63, 3.8) is 0 Å². The summed E-state index contributed by atoms with van der Waals surface area (Å²) in [6.45, 7) is 7.91. The van der Waals surface area contributed by atoms with E-state index in [4.69, 9.17) is 9.47 Å². The van der Waals surface area contributed by atoms with E-state index in [-0.39, 0.29) is 11.1 Å². The Kier molecular flexibility index (Phi) is 6.77. The van der Waals surface area contributed by atoms with E-state index < -0.39 is 0 Å². The van der Waals surface area contributed by atoms with Crippen LogP contribution in [0, 0.1) is 0 Å². The van der Waals surface area contributed by atoms with Crippen molar-refractivity contribution in [2.24, 2.45) is 0 Å². The third-order valence-corrected chi connectivity index (χ3v) is 5.56. The van der Waals surface area contributed by atoms with Crippen LogP contribution in [0.15, 0.2) is 35.8 Å². The smallest absolute Gasteiger partial charge is 0.294 e. The van der Waals surface area contributed by atoms with E-state index in [1.807, 2.05) is 6.07 Å². The highest BCUT2D eigenvalue weighted by Gasteiger charge is 2.36. The maximum atomic E-state index is 12.7. The molecule has 0 N–H and O–H groups in total. The lowest BCUT2D eigenvalue weighted by Crippen LogP contribution is -2.49. The van der Waals surface area contributed by atoms with Gasteiger partial charge in [0.15, 0.2) is 11.5 Å². The number of carbonyl (C=O) groups excluding carboxylic acids is 2. The number of piperazine rings is 1. The van der Waals surface area contributed by atoms with Gasteiger partial charge in [0.05, 0.1) is 18.7 Å². The van der Waals surface area contributed by atoms with Gasteiger partial charge in [0.25, 0.3) is 11.1 Å². The van der Waals surface area contributed by atoms with Crippen molar-refractivity contribution in [3.8, 4) is 11.5 Å². The molecule has 150 valence electrons. The Morgan fingerprint density at radius 2 is 1.93 bits per heavy atom. The van der Waals surface area contributed by atoms with Crippen molar-refractivity contribution in [1.29, 1.82) is 0 Å². The first-order valence-electron chi connectivity index (χ1n) is 9.10. The summed E-state index contributed by atoms with van der Waals surface area (Å²) in [5.41, 5.74) is 0.771. The molecule has 0 radical (unpaired) electrons. The molecule has 28 heavy (non-hydrogen) atoms. The molecule has 2 aliphatic rings. The molecule has 2 amide bonds. The average Bonchev–Trinajstić information content (AvgIpc) is 2.95. The highest BCUT2D eigenvalue weighted by atomic mass is 32.2. The van der Waals surface area contributed by atoms with Crippen LogP contribution in [0.2, 0.25) is 0 Å². The molecule has 0 aromatic heterocycles. The van der Waals surface area contributed by atoms with Gasteiger partial charge in [-0.05, 0) is 42.6 Å². The van der Waals surface area contributed by atoms with Crippen LogP contribution in [0.4, 0.5) is 4.79 Å². The summed E-state index contributed by atoms with van der Waals surface area (Å²) in [6.07, 6.45) is 3.37. The van der Waals surface area contributed by atoms with Gasteiger partial charge in [0.1, 0.15) is 6.61 Å². The highest BCUT2D eigenvalue weighted by Crippen LogP contribution is 2.34. The van der Waals surface area contributed by atoms with Crippen LogP contribution in [-0.2, 0) is 4.79 Å². The van der Waals surface area contributed by atoms with Gasteiger partial charge < -0.3 is 14.4 Å². The number of likely N-dealkylation sites (N-methyl/N-ethyl adjacent to an activating group) is 1. The van der Waals surface area contributed by atoms with Crippen molar-refractivity contribution in [3.05, 3.63) is 41.3 Å². The van der Waals surface area contributed by atoms with E-state index in [0.29, 0.717) is 29.7 Å². The number of imide groups is 1. The van der Waals surface area contributed by atoms with Crippen molar-refractivity contribution < 1.29 is 19.1 Å². The molecule has 8 heteroatoms. The molecule has 2 saturated heterocycles. The first-order valence-corrected chi connectivity index (χ1v) is 9.91. The molecular weight excluding hydrogens is 378 g/mol. The predicted octanol–water partition coefficient (Wildman–Crippen LogP) is 2.50.